The van der Waals surface area contributed by atoms with Crippen LogP contribution in [-0.4, -0.2) is 4.40 Å². The molecule has 2 heterocycles. The van der Waals surface area contributed by atoms with Crippen molar-refractivity contribution in [1.29, 1.82) is 0 Å². The molecule has 0 N–H and O–H groups in total. The molecule has 0 fully saturated rings. The molecule has 0 radical (unpaired) electrons. The van der Waals surface area contributed by atoms with Crippen LogP contribution in [0.2, 0.25) is 0 Å². The third-order valence-electron chi connectivity index (χ3n) is 11.9. The Balaban J connectivity index is 1.32. The van der Waals surface area contributed by atoms with Crippen molar-refractivity contribution in [3.63, 3.8) is 0 Å². The van der Waals surface area contributed by atoms with Gasteiger partial charge in [-0.3, -0.25) is 0 Å². The Morgan fingerprint density at radius 3 is 1.00 bits per heavy atom. The van der Waals surface area contributed by atoms with E-state index in [4.69, 9.17) is 0 Å². The summed E-state index contributed by atoms with van der Waals surface area (Å²) in [6, 6.07) is 65.4. The van der Waals surface area contributed by atoms with Crippen molar-refractivity contribution in [2.24, 2.45) is 0 Å². The summed E-state index contributed by atoms with van der Waals surface area (Å²) in [7, 11) is 0. The molecule has 272 valence electrons. The van der Waals surface area contributed by atoms with E-state index in [1.807, 2.05) is 0 Å². The van der Waals surface area contributed by atoms with E-state index in [0.29, 0.717) is 0 Å². The first-order valence-electron chi connectivity index (χ1n) is 19.9. The molecule has 9 aromatic carbocycles. The maximum Gasteiger partial charge on any atom is 0.0640 e. The Morgan fingerprint density at radius 2 is 0.649 bits per heavy atom. The highest BCUT2D eigenvalue weighted by Gasteiger charge is 2.28. The quantitative estimate of drug-likeness (QED) is 0.169. The summed E-state index contributed by atoms with van der Waals surface area (Å²) in [5.74, 6) is 0. The molecule has 3 heteroatoms. The van der Waals surface area contributed by atoms with Crippen LogP contribution in [0, 0.1) is 27.7 Å². The molecule has 0 aliphatic rings. The highest BCUT2D eigenvalue weighted by Crippen LogP contribution is 2.53. The van der Waals surface area contributed by atoms with Crippen LogP contribution >= 0.6 is 0 Å². The Kier molecular flexibility index (Phi) is 7.42. The van der Waals surface area contributed by atoms with Gasteiger partial charge in [-0.05, 0) is 99.1 Å². The molecular formula is C54H41N3. The molecule has 0 saturated heterocycles. The van der Waals surface area contributed by atoms with E-state index >= 15 is 0 Å². The number of aryl methyl sites for hydroxylation is 4. The Hall–Kier alpha value is -7.10. The van der Waals surface area contributed by atoms with Crippen molar-refractivity contribution in [2.75, 3.05) is 9.80 Å². The maximum absolute atomic E-state index is 2.56. The summed E-state index contributed by atoms with van der Waals surface area (Å²) in [6.07, 6.45) is 0. The van der Waals surface area contributed by atoms with Crippen molar-refractivity contribution in [3.05, 3.63) is 198 Å². The highest BCUT2D eigenvalue weighted by atomic mass is 15.2. The van der Waals surface area contributed by atoms with Gasteiger partial charge in [-0.1, -0.05) is 138 Å². The lowest BCUT2D eigenvalue weighted by Crippen LogP contribution is -2.11. The molecule has 11 aromatic rings. The fourth-order valence-corrected chi connectivity index (χ4v) is 9.12. The molecule has 0 saturated carbocycles. The lowest BCUT2D eigenvalue weighted by Gasteiger charge is -2.29. The third-order valence-corrected chi connectivity index (χ3v) is 11.9. The number of anilines is 6. The van der Waals surface area contributed by atoms with E-state index in [0.717, 1.165) is 22.7 Å². The molecule has 0 aliphatic heterocycles. The third kappa shape index (κ3) is 5.12. The van der Waals surface area contributed by atoms with Crippen molar-refractivity contribution >= 4 is 93.8 Å². The summed E-state index contributed by atoms with van der Waals surface area (Å²) >= 11 is 0. The summed E-state index contributed by atoms with van der Waals surface area (Å²) < 4.78 is 2.56. The van der Waals surface area contributed by atoms with E-state index < -0.39 is 0 Å². The first-order valence-corrected chi connectivity index (χ1v) is 19.9. The summed E-state index contributed by atoms with van der Waals surface area (Å²) in [6.45, 7) is 8.63. The lowest BCUT2D eigenvalue weighted by molar-refractivity contribution is 1.29. The van der Waals surface area contributed by atoms with Gasteiger partial charge in [0.15, 0.2) is 0 Å². The van der Waals surface area contributed by atoms with Crippen molar-refractivity contribution < 1.29 is 0 Å². The number of nitrogens with zero attached hydrogens (tertiary/aromatic N) is 3. The molecule has 57 heavy (non-hydrogen) atoms. The van der Waals surface area contributed by atoms with Crippen molar-refractivity contribution in [2.45, 2.75) is 27.7 Å². The van der Waals surface area contributed by atoms with E-state index in [1.165, 1.54) is 93.3 Å². The van der Waals surface area contributed by atoms with Gasteiger partial charge in [-0.15, -0.1) is 0 Å². The largest absolute Gasteiger partial charge is 0.309 e. The Labute approximate surface area is 332 Å². The van der Waals surface area contributed by atoms with E-state index in [1.54, 1.807) is 0 Å². The molecule has 11 rings (SSSR count). The van der Waals surface area contributed by atoms with Gasteiger partial charge >= 0.3 is 0 Å². The molecule has 0 atom stereocenters. The van der Waals surface area contributed by atoms with Gasteiger partial charge in [0, 0.05) is 55.1 Å². The number of para-hydroxylation sites is 1. The van der Waals surface area contributed by atoms with Crippen molar-refractivity contribution in [1.82, 2.24) is 4.40 Å². The minimum Gasteiger partial charge on any atom is -0.309 e. The van der Waals surface area contributed by atoms with Gasteiger partial charge in [0.2, 0.25) is 0 Å². The maximum atomic E-state index is 2.56. The minimum absolute atomic E-state index is 1.14. The lowest BCUT2D eigenvalue weighted by atomic mass is 9.97. The molecule has 0 spiro atoms. The predicted molar refractivity (Wildman–Crippen MR) is 244 cm³/mol. The van der Waals surface area contributed by atoms with Crippen LogP contribution in [0.15, 0.2) is 176 Å². The molecule has 2 aromatic heterocycles. The minimum atomic E-state index is 1.14. The first kappa shape index (κ1) is 33.3. The fraction of sp³-hybridized carbons (Fsp3) is 0.0741. The van der Waals surface area contributed by atoms with Crippen LogP contribution in [0.5, 0.6) is 0 Å². The topological polar surface area (TPSA) is 10.9 Å². The number of hydrogen-bond acceptors (Lipinski definition) is 2. The first-order chi connectivity index (χ1) is 27.9. The van der Waals surface area contributed by atoms with Crippen LogP contribution in [0.4, 0.5) is 34.1 Å². The molecule has 0 bridgehead atoms. The van der Waals surface area contributed by atoms with E-state index in [-0.39, 0.29) is 0 Å². The normalized spacial score (nSPS) is 11.9. The molecule has 0 aliphatic carbocycles. The van der Waals surface area contributed by atoms with Gasteiger partial charge in [0.05, 0.1) is 27.9 Å². The van der Waals surface area contributed by atoms with E-state index in [9.17, 15) is 0 Å². The SMILES string of the molecule is Cc1ccc(N(c2ccc(C)cc2)c2c3ccccc3cc3c2c2cccc4c5c(N(c6ccc(C)cc6)c6ccc(C)cc6)c6ccccc6cc5n3c24)cc1. The standard InChI is InChI=1S/C54H41N3/c1-34-16-24-40(25-17-34)55(41-26-18-35(2)19-27-41)53-44-12-7-5-10-38(44)32-48-50(53)46-14-9-15-47-51-49(57(48)52(46)47)33-39-11-6-8-13-45(39)54(51)56(42-28-20-36(3)21-29-42)43-30-22-37(4)23-31-43/h5-33H,1-4H3. The zero-order valence-electron chi connectivity index (χ0n) is 32.6. The highest BCUT2D eigenvalue weighted by molar-refractivity contribution is 6.33. The van der Waals surface area contributed by atoms with Crippen LogP contribution in [0.3, 0.4) is 0 Å². The number of benzene rings is 9. The zero-order chi connectivity index (χ0) is 38.4. The smallest absolute Gasteiger partial charge is 0.0640 e. The second-order valence-corrected chi connectivity index (χ2v) is 15.7. The van der Waals surface area contributed by atoms with Gasteiger partial charge in [-0.25, -0.2) is 0 Å². The van der Waals surface area contributed by atoms with Crippen LogP contribution in [0.1, 0.15) is 22.3 Å². The van der Waals surface area contributed by atoms with Crippen molar-refractivity contribution in [3.8, 4) is 0 Å². The summed E-state index contributed by atoms with van der Waals surface area (Å²) in [5.41, 5.74) is 15.6. The average molecular weight is 732 g/mol. The van der Waals surface area contributed by atoms with Crippen LogP contribution in [-0.2, 0) is 0 Å². The number of fused-ring (bicyclic) bond motifs is 8. The molecular weight excluding hydrogens is 691 g/mol. The second kappa shape index (κ2) is 12.7. The monoisotopic (exact) mass is 731 g/mol. The molecule has 3 nitrogen and oxygen atoms in total. The van der Waals surface area contributed by atoms with Gasteiger partial charge in [0.25, 0.3) is 0 Å². The van der Waals surface area contributed by atoms with Gasteiger partial charge < -0.3 is 14.2 Å². The number of rotatable bonds is 6. The summed E-state index contributed by atoms with van der Waals surface area (Å²) in [4.78, 5) is 4.95. The average Bonchev–Trinajstić information content (AvgIpc) is 3.75. The Morgan fingerprint density at radius 1 is 0.333 bits per heavy atom. The Bertz CT molecular complexity index is 2990. The fourth-order valence-electron chi connectivity index (χ4n) is 9.12. The number of hydrogen-bond donors (Lipinski definition) is 0. The molecule has 0 amide bonds. The second-order valence-electron chi connectivity index (χ2n) is 15.7. The predicted octanol–water partition coefficient (Wildman–Crippen LogP) is 15.3. The molecule has 0 unspecified atom stereocenters. The summed E-state index contributed by atoms with van der Waals surface area (Å²) in [5, 5.41) is 9.86. The van der Waals surface area contributed by atoms with E-state index in [2.05, 4.69) is 218 Å². The van der Waals surface area contributed by atoms with Crippen LogP contribution < -0.4 is 9.80 Å². The van der Waals surface area contributed by atoms with Gasteiger partial charge in [0.1, 0.15) is 0 Å². The van der Waals surface area contributed by atoms with Gasteiger partial charge in [-0.2, -0.15) is 0 Å². The zero-order valence-corrected chi connectivity index (χ0v) is 32.6. The van der Waals surface area contributed by atoms with Crippen LogP contribution in [0.25, 0.3) is 59.6 Å². The number of aromatic nitrogens is 1.